The summed E-state index contributed by atoms with van der Waals surface area (Å²) in [5.41, 5.74) is 0.0609. The molecule has 0 aromatic heterocycles. The lowest BCUT2D eigenvalue weighted by atomic mass is 10.1. The molecule has 0 aliphatic rings. The highest BCUT2D eigenvalue weighted by Gasteiger charge is 2.13. The quantitative estimate of drug-likeness (QED) is 0.701. The van der Waals surface area contributed by atoms with E-state index in [4.69, 9.17) is 4.74 Å². The lowest BCUT2D eigenvalue weighted by molar-refractivity contribution is 0.101. The maximum atomic E-state index is 12.8. The van der Waals surface area contributed by atoms with Gasteiger partial charge in [0.2, 0.25) is 0 Å². The summed E-state index contributed by atoms with van der Waals surface area (Å²) in [6.07, 6.45) is 0. The molecular formula is C10H10F2O2. The van der Waals surface area contributed by atoms with Crippen molar-refractivity contribution >= 4 is 5.78 Å². The van der Waals surface area contributed by atoms with Gasteiger partial charge in [-0.05, 0) is 19.9 Å². The first-order valence-electron chi connectivity index (χ1n) is 4.19. The monoisotopic (exact) mass is 200 g/mol. The summed E-state index contributed by atoms with van der Waals surface area (Å²) in [6, 6.07) is 1.73. The Bertz CT molecular complexity index is 361. The van der Waals surface area contributed by atoms with Gasteiger partial charge in [0.25, 0.3) is 0 Å². The third-order valence-corrected chi connectivity index (χ3v) is 1.70. The van der Waals surface area contributed by atoms with Gasteiger partial charge in [0, 0.05) is 6.07 Å². The third-order valence-electron chi connectivity index (χ3n) is 1.70. The molecule has 76 valence electrons. The Hall–Kier alpha value is -1.45. The Morgan fingerprint density at radius 3 is 2.43 bits per heavy atom. The Balaban J connectivity index is 3.24. The molecule has 0 unspecified atom stereocenters. The van der Waals surface area contributed by atoms with Crippen LogP contribution >= 0.6 is 0 Å². The Morgan fingerprint density at radius 2 is 1.93 bits per heavy atom. The fraction of sp³-hybridized carbons (Fsp3) is 0.300. The van der Waals surface area contributed by atoms with Crippen LogP contribution in [0.5, 0.6) is 5.75 Å². The number of ether oxygens (including phenoxy) is 1. The molecule has 0 bridgehead atoms. The molecule has 0 spiro atoms. The minimum absolute atomic E-state index is 0.0609. The molecule has 2 nitrogen and oxygen atoms in total. The lowest BCUT2D eigenvalue weighted by Gasteiger charge is -2.07. The number of Topliss-reactive ketones (excluding diaryl/α,β-unsaturated/α-hetero) is 1. The highest BCUT2D eigenvalue weighted by atomic mass is 19.2. The maximum Gasteiger partial charge on any atom is 0.163 e. The minimum Gasteiger partial charge on any atom is -0.493 e. The van der Waals surface area contributed by atoms with Gasteiger partial charge in [-0.2, -0.15) is 0 Å². The van der Waals surface area contributed by atoms with Crippen molar-refractivity contribution in [2.45, 2.75) is 13.8 Å². The molecule has 0 amide bonds. The molecule has 0 saturated carbocycles. The molecule has 0 N–H and O–H groups in total. The molecule has 0 heterocycles. The average Bonchev–Trinajstić information content (AvgIpc) is 2.11. The highest BCUT2D eigenvalue weighted by Crippen LogP contribution is 2.22. The van der Waals surface area contributed by atoms with Crippen molar-refractivity contribution in [3.63, 3.8) is 0 Å². The van der Waals surface area contributed by atoms with Gasteiger partial charge in [-0.1, -0.05) is 0 Å². The number of halogens is 2. The molecule has 0 atom stereocenters. The molecular weight excluding hydrogens is 190 g/mol. The molecule has 0 radical (unpaired) electrons. The first kappa shape index (κ1) is 10.6. The largest absolute Gasteiger partial charge is 0.493 e. The minimum atomic E-state index is -1.04. The Labute approximate surface area is 80.5 Å². The summed E-state index contributed by atoms with van der Waals surface area (Å²) in [5, 5.41) is 0. The SMILES string of the molecule is CCOc1cc(F)c(F)cc1C(C)=O. The van der Waals surface area contributed by atoms with E-state index < -0.39 is 11.6 Å². The third kappa shape index (κ3) is 2.07. The van der Waals surface area contributed by atoms with Crippen LogP contribution in [0, 0.1) is 11.6 Å². The zero-order chi connectivity index (χ0) is 10.7. The Kier molecular flexibility index (Phi) is 3.17. The van der Waals surface area contributed by atoms with E-state index in [1.54, 1.807) is 6.92 Å². The van der Waals surface area contributed by atoms with Crippen LogP contribution in [-0.2, 0) is 0 Å². The smallest absolute Gasteiger partial charge is 0.163 e. The van der Waals surface area contributed by atoms with Crippen molar-refractivity contribution in [3.05, 3.63) is 29.3 Å². The van der Waals surface area contributed by atoms with Gasteiger partial charge < -0.3 is 4.74 Å². The van der Waals surface area contributed by atoms with Gasteiger partial charge in [0.1, 0.15) is 5.75 Å². The van der Waals surface area contributed by atoms with Gasteiger partial charge in [-0.15, -0.1) is 0 Å². The first-order chi connectivity index (χ1) is 6.56. The highest BCUT2D eigenvalue weighted by molar-refractivity contribution is 5.96. The predicted molar refractivity (Wildman–Crippen MR) is 47.5 cm³/mol. The van der Waals surface area contributed by atoms with Gasteiger partial charge in [-0.3, -0.25) is 4.79 Å². The second-order valence-electron chi connectivity index (χ2n) is 2.75. The molecule has 1 aromatic carbocycles. The number of benzene rings is 1. The second kappa shape index (κ2) is 4.17. The van der Waals surface area contributed by atoms with Gasteiger partial charge in [0.15, 0.2) is 17.4 Å². The van der Waals surface area contributed by atoms with Crippen molar-refractivity contribution in [3.8, 4) is 5.75 Å². The van der Waals surface area contributed by atoms with E-state index in [0.29, 0.717) is 6.61 Å². The van der Waals surface area contributed by atoms with Crippen LogP contribution in [0.4, 0.5) is 8.78 Å². The van der Waals surface area contributed by atoms with E-state index >= 15 is 0 Å². The van der Waals surface area contributed by atoms with E-state index in [9.17, 15) is 13.6 Å². The van der Waals surface area contributed by atoms with E-state index in [0.717, 1.165) is 12.1 Å². The van der Waals surface area contributed by atoms with Crippen LogP contribution < -0.4 is 4.74 Å². The van der Waals surface area contributed by atoms with Crippen LogP contribution in [0.15, 0.2) is 12.1 Å². The van der Waals surface area contributed by atoms with Gasteiger partial charge in [-0.25, -0.2) is 8.78 Å². The van der Waals surface area contributed by atoms with Crippen LogP contribution in [-0.4, -0.2) is 12.4 Å². The van der Waals surface area contributed by atoms with Crippen LogP contribution in [0.25, 0.3) is 0 Å². The number of ketones is 1. The summed E-state index contributed by atoms with van der Waals surface area (Å²) in [5.74, 6) is -2.33. The topological polar surface area (TPSA) is 26.3 Å². The van der Waals surface area contributed by atoms with E-state index in [1.807, 2.05) is 0 Å². The van der Waals surface area contributed by atoms with Crippen LogP contribution in [0.2, 0.25) is 0 Å². The number of carbonyl (C=O) groups excluding carboxylic acids is 1. The van der Waals surface area contributed by atoms with E-state index in [2.05, 4.69) is 0 Å². The number of hydrogen-bond donors (Lipinski definition) is 0. The van der Waals surface area contributed by atoms with Crippen molar-refractivity contribution in [2.75, 3.05) is 6.61 Å². The van der Waals surface area contributed by atoms with Crippen molar-refractivity contribution in [2.24, 2.45) is 0 Å². The zero-order valence-electron chi connectivity index (χ0n) is 7.93. The predicted octanol–water partition coefficient (Wildman–Crippen LogP) is 2.57. The average molecular weight is 200 g/mol. The van der Waals surface area contributed by atoms with Crippen LogP contribution in [0.1, 0.15) is 24.2 Å². The summed E-state index contributed by atoms with van der Waals surface area (Å²) in [6.45, 7) is 3.27. The second-order valence-corrected chi connectivity index (χ2v) is 2.75. The summed E-state index contributed by atoms with van der Waals surface area (Å²) < 4.78 is 30.6. The Morgan fingerprint density at radius 1 is 1.36 bits per heavy atom. The van der Waals surface area contributed by atoms with Crippen LogP contribution in [0.3, 0.4) is 0 Å². The molecule has 0 saturated heterocycles. The van der Waals surface area contributed by atoms with Gasteiger partial charge >= 0.3 is 0 Å². The molecule has 1 rings (SSSR count). The number of hydrogen-bond acceptors (Lipinski definition) is 2. The normalized spacial score (nSPS) is 10.0. The summed E-state index contributed by atoms with van der Waals surface area (Å²) >= 11 is 0. The standard InChI is InChI=1S/C10H10F2O2/c1-3-14-10-5-9(12)8(11)4-7(10)6(2)13/h4-5H,3H2,1-2H3. The first-order valence-corrected chi connectivity index (χ1v) is 4.19. The van der Waals surface area contributed by atoms with E-state index in [1.165, 1.54) is 6.92 Å². The molecule has 0 aliphatic heterocycles. The van der Waals surface area contributed by atoms with Crippen molar-refractivity contribution in [1.29, 1.82) is 0 Å². The zero-order valence-corrected chi connectivity index (χ0v) is 7.93. The van der Waals surface area contributed by atoms with Crippen molar-refractivity contribution in [1.82, 2.24) is 0 Å². The van der Waals surface area contributed by atoms with E-state index in [-0.39, 0.29) is 17.1 Å². The lowest BCUT2D eigenvalue weighted by Crippen LogP contribution is -2.02. The molecule has 14 heavy (non-hydrogen) atoms. The van der Waals surface area contributed by atoms with Crippen molar-refractivity contribution < 1.29 is 18.3 Å². The summed E-state index contributed by atoms with van der Waals surface area (Å²) in [7, 11) is 0. The molecule has 0 fully saturated rings. The molecule has 4 heteroatoms. The fourth-order valence-corrected chi connectivity index (χ4v) is 1.08. The maximum absolute atomic E-state index is 12.8. The fourth-order valence-electron chi connectivity index (χ4n) is 1.08. The van der Waals surface area contributed by atoms with Gasteiger partial charge in [0.05, 0.1) is 12.2 Å². The summed E-state index contributed by atoms with van der Waals surface area (Å²) in [4.78, 5) is 11.0. The number of carbonyl (C=O) groups is 1. The molecule has 1 aromatic rings. The number of rotatable bonds is 3. The molecule has 0 aliphatic carbocycles.